The van der Waals surface area contributed by atoms with Crippen molar-refractivity contribution >= 4 is 75.3 Å². The zero-order chi connectivity index (χ0) is 40.6. The zero-order valence-electron chi connectivity index (χ0n) is 34.0. The van der Waals surface area contributed by atoms with Gasteiger partial charge in [-0.3, -0.25) is 0 Å². The predicted octanol–water partition coefficient (Wildman–Crippen LogP) is 16.9. The number of furan rings is 1. The van der Waals surface area contributed by atoms with E-state index in [2.05, 4.69) is 206 Å². The third-order valence-corrected chi connectivity index (χ3v) is 14.1. The van der Waals surface area contributed by atoms with Gasteiger partial charge < -0.3 is 8.98 Å². The molecule has 0 N–H and O–H groups in total. The molecule has 0 aliphatic heterocycles. The minimum atomic E-state index is 0.188. The Labute approximate surface area is 358 Å². The van der Waals surface area contributed by atoms with Gasteiger partial charge >= 0.3 is 0 Å². The highest BCUT2D eigenvalue weighted by atomic mass is 32.1. The Morgan fingerprint density at radius 2 is 1.18 bits per heavy atom. The van der Waals surface area contributed by atoms with Gasteiger partial charge in [0.15, 0.2) is 0 Å². The second-order valence-corrected chi connectivity index (χ2v) is 17.4. The Hall–Kier alpha value is -7.20. The van der Waals surface area contributed by atoms with Crippen LogP contribution in [0.1, 0.15) is 36.0 Å². The predicted molar refractivity (Wildman–Crippen MR) is 261 cm³/mol. The first-order valence-electron chi connectivity index (χ1n) is 21.3. The monoisotopic (exact) mass is 799 g/mol. The molecular formula is C58H41NOS. The SMILES string of the molecule is CCC(c1cc(-c2ccc3oc4ccccc4c3c2)c2sc3ccccc3c2c1)c1ccccc1-c1ccc(-c2cccc3c2c2ccccc2n3-c2ccccc2)cc1C. The van der Waals surface area contributed by atoms with E-state index in [9.17, 15) is 0 Å². The van der Waals surface area contributed by atoms with Gasteiger partial charge in [0.2, 0.25) is 0 Å². The summed E-state index contributed by atoms with van der Waals surface area (Å²) in [5.41, 5.74) is 17.0. The highest BCUT2D eigenvalue weighted by Gasteiger charge is 2.23. The second-order valence-electron chi connectivity index (χ2n) is 16.3. The normalized spacial score (nSPS) is 12.4. The molecule has 0 amide bonds. The Kier molecular flexibility index (Phi) is 8.33. The number of hydrogen-bond acceptors (Lipinski definition) is 2. The second kappa shape index (κ2) is 14.2. The molecule has 0 aliphatic carbocycles. The fourth-order valence-electron chi connectivity index (χ4n) is 10.1. The lowest BCUT2D eigenvalue weighted by Gasteiger charge is -2.22. The van der Waals surface area contributed by atoms with Crippen LogP contribution in [0, 0.1) is 6.92 Å². The van der Waals surface area contributed by atoms with Gasteiger partial charge in [0, 0.05) is 53.3 Å². The molecule has 0 radical (unpaired) electrons. The molecule has 290 valence electrons. The van der Waals surface area contributed by atoms with Crippen molar-refractivity contribution < 1.29 is 4.42 Å². The average molecular weight is 800 g/mol. The van der Waals surface area contributed by atoms with Crippen molar-refractivity contribution in [1.82, 2.24) is 4.57 Å². The average Bonchev–Trinajstić information content (AvgIpc) is 3.99. The molecule has 1 atom stereocenters. The van der Waals surface area contributed by atoms with Crippen LogP contribution < -0.4 is 0 Å². The molecule has 0 bridgehead atoms. The van der Waals surface area contributed by atoms with Gasteiger partial charge in [0.25, 0.3) is 0 Å². The van der Waals surface area contributed by atoms with Crippen LogP contribution in [0.5, 0.6) is 0 Å². The molecule has 3 heteroatoms. The van der Waals surface area contributed by atoms with E-state index in [0.29, 0.717) is 0 Å². The first kappa shape index (κ1) is 35.7. The number of para-hydroxylation sites is 3. The highest BCUT2D eigenvalue weighted by Crippen LogP contribution is 2.46. The number of thiophene rings is 1. The minimum absolute atomic E-state index is 0.188. The number of benzene rings is 9. The fourth-order valence-corrected chi connectivity index (χ4v) is 11.3. The minimum Gasteiger partial charge on any atom is -0.456 e. The molecular weight excluding hydrogens is 759 g/mol. The summed E-state index contributed by atoms with van der Waals surface area (Å²) in [6.45, 7) is 4.62. The molecule has 0 saturated carbocycles. The summed E-state index contributed by atoms with van der Waals surface area (Å²) in [6.07, 6.45) is 0.972. The van der Waals surface area contributed by atoms with Crippen LogP contribution in [0.4, 0.5) is 0 Å². The Morgan fingerprint density at radius 3 is 2.05 bits per heavy atom. The molecule has 3 heterocycles. The van der Waals surface area contributed by atoms with Gasteiger partial charge in [-0.05, 0) is 124 Å². The van der Waals surface area contributed by atoms with E-state index in [1.807, 2.05) is 17.4 Å². The summed E-state index contributed by atoms with van der Waals surface area (Å²) in [7, 11) is 0. The van der Waals surface area contributed by atoms with E-state index in [4.69, 9.17) is 4.42 Å². The van der Waals surface area contributed by atoms with Gasteiger partial charge in [-0.1, -0.05) is 140 Å². The third kappa shape index (κ3) is 5.69. The van der Waals surface area contributed by atoms with Crippen LogP contribution in [-0.2, 0) is 0 Å². The van der Waals surface area contributed by atoms with Gasteiger partial charge in [-0.2, -0.15) is 0 Å². The maximum Gasteiger partial charge on any atom is 0.135 e. The number of aryl methyl sites for hydroxylation is 1. The molecule has 12 rings (SSSR count). The lowest BCUT2D eigenvalue weighted by Crippen LogP contribution is -2.03. The molecule has 2 nitrogen and oxygen atoms in total. The van der Waals surface area contributed by atoms with Crippen molar-refractivity contribution in [2.24, 2.45) is 0 Å². The quantitative estimate of drug-likeness (QED) is 0.157. The summed E-state index contributed by atoms with van der Waals surface area (Å²) in [5, 5.41) is 7.50. The van der Waals surface area contributed by atoms with Crippen molar-refractivity contribution in [2.75, 3.05) is 0 Å². The van der Waals surface area contributed by atoms with Gasteiger partial charge in [-0.15, -0.1) is 11.3 Å². The summed E-state index contributed by atoms with van der Waals surface area (Å²) in [4.78, 5) is 0. The largest absolute Gasteiger partial charge is 0.456 e. The lowest BCUT2D eigenvalue weighted by atomic mass is 9.81. The van der Waals surface area contributed by atoms with Crippen molar-refractivity contribution in [3.63, 3.8) is 0 Å². The van der Waals surface area contributed by atoms with Gasteiger partial charge in [0.05, 0.1) is 11.0 Å². The first-order valence-corrected chi connectivity index (χ1v) is 22.1. The fraction of sp³-hybridized carbons (Fsp3) is 0.0690. The molecule has 9 aromatic carbocycles. The number of hydrogen-bond donors (Lipinski definition) is 0. The standard InChI is InChI=1S/C58H41NOS/c1-3-41(39-34-49(58-51(35-39)47-21-11-14-27-56(47)61-58)38-29-31-55-50(33-38)46-20-10-13-26-54(46)60-55)44-18-7-8-19-45(44)42-30-28-37(32-36(42)2)43-23-15-25-53-57(43)48-22-9-12-24-52(48)59(53)40-16-5-4-6-17-40/h4-35,41H,3H2,1-2H3. The van der Waals surface area contributed by atoms with E-state index in [1.165, 1.54) is 97.7 Å². The van der Waals surface area contributed by atoms with Crippen molar-refractivity contribution in [2.45, 2.75) is 26.2 Å². The molecule has 1 unspecified atom stereocenters. The smallest absolute Gasteiger partial charge is 0.135 e. The van der Waals surface area contributed by atoms with E-state index in [0.717, 1.165) is 28.4 Å². The number of rotatable bonds is 7. The highest BCUT2D eigenvalue weighted by molar-refractivity contribution is 7.26. The summed E-state index contributed by atoms with van der Waals surface area (Å²) in [5.74, 6) is 0.188. The number of nitrogens with zero attached hydrogens (tertiary/aromatic N) is 1. The molecule has 3 aromatic heterocycles. The van der Waals surface area contributed by atoms with Crippen LogP contribution in [0.2, 0.25) is 0 Å². The Bertz CT molecular complexity index is 3660. The van der Waals surface area contributed by atoms with Crippen LogP contribution in [-0.4, -0.2) is 4.57 Å². The zero-order valence-corrected chi connectivity index (χ0v) is 34.8. The van der Waals surface area contributed by atoms with Crippen LogP contribution in [0.25, 0.3) is 103 Å². The summed E-state index contributed by atoms with van der Waals surface area (Å²) >= 11 is 1.90. The Balaban J connectivity index is 0.996. The molecule has 12 aromatic rings. The molecule has 0 aliphatic rings. The molecule has 0 fully saturated rings. The van der Waals surface area contributed by atoms with E-state index < -0.39 is 0 Å². The number of fused-ring (bicyclic) bond motifs is 9. The lowest BCUT2D eigenvalue weighted by molar-refractivity contribution is 0.669. The summed E-state index contributed by atoms with van der Waals surface area (Å²) in [6, 6.07) is 71.4. The first-order chi connectivity index (χ1) is 30.1. The van der Waals surface area contributed by atoms with Gasteiger partial charge in [0.1, 0.15) is 11.2 Å². The molecule has 61 heavy (non-hydrogen) atoms. The van der Waals surface area contributed by atoms with Crippen LogP contribution in [0.3, 0.4) is 0 Å². The third-order valence-electron chi connectivity index (χ3n) is 12.9. The molecule has 0 saturated heterocycles. The van der Waals surface area contributed by atoms with Crippen LogP contribution >= 0.6 is 11.3 Å². The van der Waals surface area contributed by atoms with E-state index >= 15 is 0 Å². The van der Waals surface area contributed by atoms with Crippen molar-refractivity contribution in [3.05, 3.63) is 211 Å². The van der Waals surface area contributed by atoms with Gasteiger partial charge in [-0.25, -0.2) is 0 Å². The van der Waals surface area contributed by atoms with Crippen molar-refractivity contribution in [3.8, 4) is 39.1 Å². The number of aromatic nitrogens is 1. The Morgan fingerprint density at radius 1 is 0.492 bits per heavy atom. The van der Waals surface area contributed by atoms with E-state index in [-0.39, 0.29) is 5.92 Å². The van der Waals surface area contributed by atoms with E-state index in [1.54, 1.807) is 0 Å². The molecule has 0 spiro atoms. The van der Waals surface area contributed by atoms with Crippen molar-refractivity contribution in [1.29, 1.82) is 0 Å². The topological polar surface area (TPSA) is 18.1 Å². The maximum atomic E-state index is 6.27. The van der Waals surface area contributed by atoms with Crippen LogP contribution in [0.15, 0.2) is 199 Å². The maximum absolute atomic E-state index is 6.27. The summed E-state index contributed by atoms with van der Waals surface area (Å²) < 4.78 is 11.3.